The van der Waals surface area contributed by atoms with Crippen molar-refractivity contribution in [3.63, 3.8) is 0 Å². The predicted octanol–water partition coefficient (Wildman–Crippen LogP) is 4.09. The number of nitrogens with one attached hydrogen (secondary N) is 4. The molecule has 2 aliphatic heterocycles. The number of fused-ring (bicyclic) bond motifs is 4. The maximum Gasteiger partial charge on any atom is 0.224 e. The Morgan fingerprint density at radius 2 is 1.38 bits per heavy atom. The molecule has 0 spiro atoms. The van der Waals surface area contributed by atoms with Crippen molar-refractivity contribution in [1.29, 1.82) is 0 Å². The van der Waals surface area contributed by atoms with Crippen molar-refractivity contribution in [3.8, 4) is 0 Å². The maximum atomic E-state index is 12.8. The number of carbonyl (C=O) groups excluding carboxylic acids is 2. The molecule has 5 heterocycles. The van der Waals surface area contributed by atoms with Gasteiger partial charge in [-0.25, -0.2) is 15.0 Å². The van der Waals surface area contributed by atoms with Crippen LogP contribution in [0.4, 0.5) is 0 Å². The van der Waals surface area contributed by atoms with Crippen molar-refractivity contribution in [1.82, 2.24) is 40.6 Å². The minimum Gasteiger partial charge on any atom is -0.345 e. The summed E-state index contributed by atoms with van der Waals surface area (Å²) in [6.45, 7) is 16.3. The molecule has 4 N–H and O–H groups in total. The van der Waals surface area contributed by atoms with Gasteiger partial charge in [0.25, 0.3) is 0 Å². The Labute approximate surface area is 282 Å². The van der Waals surface area contributed by atoms with Gasteiger partial charge >= 0.3 is 0 Å². The summed E-state index contributed by atoms with van der Waals surface area (Å²) in [6.07, 6.45) is 6.13. The van der Waals surface area contributed by atoms with Gasteiger partial charge < -0.3 is 25.7 Å². The van der Waals surface area contributed by atoms with Crippen LogP contribution in [0.25, 0.3) is 16.4 Å². The van der Waals surface area contributed by atoms with E-state index in [1.54, 1.807) is 6.33 Å². The highest BCUT2D eigenvalue weighted by atomic mass is 16.2. The summed E-state index contributed by atoms with van der Waals surface area (Å²) in [5.41, 5.74) is 5.65. The van der Waals surface area contributed by atoms with E-state index >= 15 is 0 Å². The predicted molar refractivity (Wildman–Crippen MR) is 185 cm³/mol. The molecule has 3 aliphatic carbocycles. The van der Waals surface area contributed by atoms with Gasteiger partial charge in [0, 0.05) is 29.3 Å². The molecule has 2 amide bonds. The molecule has 5 fully saturated rings. The second-order valence-corrected chi connectivity index (χ2v) is 16.0. The zero-order chi connectivity index (χ0) is 33.5. The lowest BCUT2D eigenvalue weighted by Gasteiger charge is -2.27. The van der Waals surface area contributed by atoms with Crippen molar-refractivity contribution < 1.29 is 9.59 Å². The molecule has 0 radical (unpaired) electrons. The van der Waals surface area contributed by atoms with Gasteiger partial charge in [0.1, 0.15) is 12.2 Å². The number of pyridine rings is 1. The molecule has 9 rings (SSSR count). The van der Waals surface area contributed by atoms with Gasteiger partial charge in [-0.1, -0.05) is 24.3 Å². The van der Waals surface area contributed by atoms with E-state index in [2.05, 4.69) is 74.7 Å². The first kappa shape index (κ1) is 31.4. The molecule has 3 aromatic heterocycles. The Morgan fingerprint density at radius 1 is 0.792 bits per heavy atom. The van der Waals surface area contributed by atoms with Gasteiger partial charge in [0.05, 0.1) is 33.5 Å². The molecule has 48 heavy (non-hydrogen) atoms. The SMILES string of the molecule is Cc1cccc2c(C(C)(C)NC(=O)C3C4CNCC43)ncnc12.Cc1cccn2c(C(C)(C)NC(=O)C3C4CNCC43)nc(C3CC3)c12. The first-order valence-electron chi connectivity index (χ1n) is 17.7. The first-order valence-corrected chi connectivity index (χ1v) is 17.7. The molecule has 4 unspecified atom stereocenters. The normalized spacial score (nSPS) is 27.2. The van der Waals surface area contributed by atoms with E-state index in [1.807, 2.05) is 39.0 Å². The number of hydrogen-bond donors (Lipinski definition) is 4. The topological polar surface area (TPSA) is 125 Å². The number of piperidine rings is 2. The lowest BCUT2D eigenvalue weighted by molar-refractivity contribution is -0.125. The molecular weight excluding hydrogens is 600 g/mol. The van der Waals surface area contributed by atoms with Crippen LogP contribution >= 0.6 is 0 Å². The van der Waals surface area contributed by atoms with E-state index in [-0.39, 0.29) is 23.7 Å². The molecule has 10 nitrogen and oxygen atoms in total. The third kappa shape index (κ3) is 5.37. The van der Waals surface area contributed by atoms with E-state index < -0.39 is 11.1 Å². The Hall–Kier alpha value is -3.89. The fourth-order valence-corrected chi connectivity index (χ4v) is 8.67. The van der Waals surface area contributed by atoms with Crippen LogP contribution in [0.2, 0.25) is 0 Å². The number of hydrogen-bond acceptors (Lipinski definition) is 7. The third-order valence-corrected chi connectivity index (χ3v) is 11.5. The Bertz CT molecular complexity index is 1910. The molecular formula is C38H48N8O2. The van der Waals surface area contributed by atoms with Crippen molar-refractivity contribution in [2.45, 2.75) is 71.4 Å². The van der Waals surface area contributed by atoms with Gasteiger partial charge in [0.15, 0.2) is 0 Å². The second kappa shape index (κ2) is 11.3. The number of imidazole rings is 1. The van der Waals surface area contributed by atoms with Crippen LogP contribution in [-0.2, 0) is 20.7 Å². The Balaban J connectivity index is 0.000000141. The summed E-state index contributed by atoms with van der Waals surface area (Å²) >= 11 is 0. The Morgan fingerprint density at radius 3 is 1.98 bits per heavy atom. The maximum absolute atomic E-state index is 12.8. The summed E-state index contributed by atoms with van der Waals surface area (Å²) in [7, 11) is 0. The summed E-state index contributed by atoms with van der Waals surface area (Å²) in [5.74, 6) is 4.38. The highest BCUT2D eigenvalue weighted by Gasteiger charge is 2.58. The molecule has 3 saturated carbocycles. The van der Waals surface area contributed by atoms with E-state index in [0.717, 1.165) is 54.2 Å². The number of carbonyl (C=O) groups is 2. The van der Waals surface area contributed by atoms with Gasteiger partial charge in [-0.05, 0) is 121 Å². The average molecular weight is 649 g/mol. The fraction of sp³-hybridized carbons (Fsp3) is 0.553. The number of amides is 2. The number of aromatic nitrogens is 4. The molecule has 1 aromatic carbocycles. The second-order valence-electron chi connectivity index (χ2n) is 16.0. The lowest BCUT2D eigenvalue weighted by Crippen LogP contribution is -2.44. The highest BCUT2D eigenvalue weighted by Crippen LogP contribution is 2.50. The molecule has 10 heteroatoms. The van der Waals surface area contributed by atoms with Gasteiger partial charge in [-0.2, -0.15) is 0 Å². The molecule has 2 saturated heterocycles. The molecule has 252 valence electrons. The summed E-state index contributed by atoms with van der Waals surface area (Å²) in [5, 5.41) is 14.2. The van der Waals surface area contributed by atoms with Crippen LogP contribution in [0.5, 0.6) is 0 Å². The quantitative estimate of drug-likeness (QED) is 0.238. The van der Waals surface area contributed by atoms with Gasteiger partial charge in [-0.3, -0.25) is 9.59 Å². The van der Waals surface area contributed by atoms with Gasteiger partial charge in [-0.15, -0.1) is 0 Å². The smallest absolute Gasteiger partial charge is 0.224 e. The number of nitrogens with zero attached hydrogens (tertiary/aromatic N) is 4. The van der Waals surface area contributed by atoms with Crippen LogP contribution in [0.15, 0.2) is 42.9 Å². The fourth-order valence-electron chi connectivity index (χ4n) is 8.67. The molecule has 0 bridgehead atoms. The van der Waals surface area contributed by atoms with Crippen molar-refractivity contribution >= 4 is 28.2 Å². The van der Waals surface area contributed by atoms with Crippen molar-refractivity contribution in [2.75, 3.05) is 26.2 Å². The number of para-hydroxylation sites is 1. The Kier molecular flexibility index (Phi) is 7.41. The van der Waals surface area contributed by atoms with Crippen LogP contribution < -0.4 is 21.3 Å². The minimum atomic E-state index is -0.517. The van der Waals surface area contributed by atoms with E-state index in [1.165, 1.54) is 29.6 Å². The van der Waals surface area contributed by atoms with E-state index in [0.29, 0.717) is 29.6 Å². The molecule has 4 aromatic rings. The van der Waals surface area contributed by atoms with E-state index in [4.69, 9.17) is 4.98 Å². The van der Waals surface area contributed by atoms with E-state index in [9.17, 15) is 9.59 Å². The zero-order valence-corrected chi connectivity index (χ0v) is 28.9. The number of aryl methyl sites for hydroxylation is 2. The summed E-state index contributed by atoms with van der Waals surface area (Å²) in [4.78, 5) is 39.3. The lowest BCUT2D eigenvalue weighted by atomic mass is 9.95. The van der Waals surface area contributed by atoms with Crippen LogP contribution in [0.3, 0.4) is 0 Å². The zero-order valence-electron chi connectivity index (χ0n) is 28.9. The van der Waals surface area contributed by atoms with Crippen LogP contribution in [0, 0.1) is 49.4 Å². The van der Waals surface area contributed by atoms with Crippen molar-refractivity contribution in [3.05, 3.63) is 71.2 Å². The highest BCUT2D eigenvalue weighted by molar-refractivity contribution is 5.87. The minimum absolute atomic E-state index is 0.158. The number of rotatable bonds is 7. The monoisotopic (exact) mass is 648 g/mol. The number of benzene rings is 1. The van der Waals surface area contributed by atoms with Gasteiger partial charge in [0.2, 0.25) is 11.8 Å². The summed E-state index contributed by atoms with van der Waals surface area (Å²) in [6, 6.07) is 10.3. The van der Waals surface area contributed by atoms with Crippen LogP contribution in [-0.4, -0.2) is 57.3 Å². The molecule has 4 atom stereocenters. The molecule has 5 aliphatic rings. The van der Waals surface area contributed by atoms with Crippen LogP contribution in [0.1, 0.15) is 74.8 Å². The third-order valence-electron chi connectivity index (χ3n) is 11.5. The summed E-state index contributed by atoms with van der Waals surface area (Å²) < 4.78 is 2.19. The average Bonchev–Trinajstić information content (AvgIpc) is 3.99. The van der Waals surface area contributed by atoms with Crippen molar-refractivity contribution in [2.24, 2.45) is 35.5 Å². The standard InChI is InChI=1S/C20H26N4O.C18H22N4O/c1-11-5-4-8-24-17(11)16(12-6-7-12)22-19(24)20(2,3)23-18(25)15-13-9-21-10-14(13)15;1-10-5-4-6-11-15(10)20-9-21-16(11)18(2,3)22-17(23)14-12-7-19-8-13(12)14/h4-5,8,12-15,21H,6-7,9-10H2,1-3H3,(H,23,25);4-6,9,12-14,19H,7-8H2,1-3H3,(H,22,23). The first-order chi connectivity index (χ1) is 23.0. The largest absolute Gasteiger partial charge is 0.345 e.